The number of nitrogens with two attached hydrogens (primary N) is 1. The van der Waals surface area contributed by atoms with Gasteiger partial charge in [0, 0.05) is 6.04 Å². The molecule has 2 aromatic carbocycles. The topological polar surface area (TPSA) is 64.3 Å². The third-order valence-corrected chi connectivity index (χ3v) is 4.05. The van der Waals surface area contributed by atoms with Crippen molar-refractivity contribution in [2.45, 2.75) is 31.5 Å². The molecule has 0 aliphatic heterocycles. The van der Waals surface area contributed by atoms with Crippen LogP contribution in [0.1, 0.15) is 29.2 Å². The van der Waals surface area contributed by atoms with E-state index in [1.807, 2.05) is 48.5 Å². The summed E-state index contributed by atoms with van der Waals surface area (Å²) in [6.07, 6.45) is 1.39. The van der Waals surface area contributed by atoms with Gasteiger partial charge in [-0.05, 0) is 29.5 Å². The Morgan fingerprint density at radius 1 is 1.14 bits per heavy atom. The van der Waals surface area contributed by atoms with Gasteiger partial charge in [-0.3, -0.25) is 0 Å². The summed E-state index contributed by atoms with van der Waals surface area (Å²) in [7, 11) is 0. The monoisotopic (exact) mass is 296 g/mol. The number of hydrogen-bond donors (Lipinski definition) is 2. The van der Waals surface area contributed by atoms with Gasteiger partial charge in [0.1, 0.15) is 6.61 Å². The zero-order chi connectivity index (χ0) is 15.4. The number of ether oxygens (including phenoxy) is 1. The predicted molar refractivity (Wildman–Crippen MR) is 85.2 cm³/mol. The minimum Gasteiger partial charge on any atom is -0.445 e. The number of aryl methyl sites for hydroxylation is 1. The Balaban J connectivity index is 1.64. The van der Waals surface area contributed by atoms with Crippen molar-refractivity contribution in [3.63, 3.8) is 0 Å². The quantitative estimate of drug-likeness (QED) is 0.915. The standard InChI is InChI=1S/C18H20N2O2/c19-16-11-10-14-8-4-5-9-15(14)17(16)20-18(21)22-12-13-6-2-1-3-7-13/h1-9,16-17H,10-12,19H2,(H,20,21)/t16-,17+/m0/s1. The molecule has 0 bridgehead atoms. The molecule has 1 aliphatic rings. The van der Waals surface area contributed by atoms with E-state index in [4.69, 9.17) is 10.5 Å². The maximum absolute atomic E-state index is 12.1. The first-order chi connectivity index (χ1) is 10.7. The minimum absolute atomic E-state index is 0.0841. The SMILES string of the molecule is N[C@H]1CCc2ccccc2[C@H]1NC(=O)OCc1ccccc1. The van der Waals surface area contributed by atoms with Crippen molar-refractivity contribution < 1.29 is 9.53 Å². The molecule has 0 heterocycles. The first kappa shape index (κ1) is 14.6. The summed E-state index contributed by atoms with van der Waals surface area (Å²) in [4.78, 5) is 12.1. The third-order valence-electron chi connectivity index (χ3n) is 4.05. The molecule has 1 amide bonds. The largest absolute Gasteiger partial charge is 0.445 e. The van der Waals surface area contributed by atoms with Gasteiger partial charge in [-0.15, -0.1) is 0 Å². The average molecular weight is 296 g/mol. The molecule has 0 saturated heterocycles. The van der Waals surface area contributed by atoms with Crippen molar-refractivity contribution in [3.05, 3.63) is 71.3 Å². The van der Waals surface area contributed by atoms with E-state index in [1.165, 1.54) is 5.56 Å². The van der Waals surface area contributed by atoms with Crippen LogP contribution in [0.25, 0.3) is 0 Å². The lowest BCUT2D eigenvalue weighted by Gasteiger charge is -2.31. The predicted octanol–water partition coefficient (Wildman–Crippen LogP) is 2.93. The van der Waals surface area contributed by atoms with Gasteiger partial charge in [0.15, 0.2) is 0 Å². The van der Waals surface area contributed by atoms with Gasteiger partial charge >= 0.3 is 6.09 Å². The lowest BCUT2D eigenvalue weighted by Crippen LogP contribution is -2.43. The Morgan fingerprint density at radius 2 is 1.86 bits per heavy atom. The highest BCUT2D eigenvalue weighted by Crippen LogP contribution is 2.28. The maximum Gasteiger partial charge on any atom is 0.408 e. The summed E-state index contributed by atoms with van der Waals surface area (Å²) >= 11 is 0. The molecule has 22 heavy (non-hydrogen) atoms. The van der Waals surface area contributed by atoms with Crippen LogP contribution in [0.5, 0.6) is 0 Å². The number of alkyl carbamates (subject to hydrolysis) is 1. The van der Waals surface area contributed by atoms with Crippen molar-refractivity contribution in [1.29, 1.82) is 0 Å². The molecular formula is C18H20N2O2. The van der Waals surface area contributed by atoms with E-state index in [9.17, 15) is 4.79 Å². The van der Waals surface area contributed by atoms with Gasteiger partial charge in [-0.2, -0.15) is 0 Å². The molecule has 1 aliphatic carbocycles. The van der Waals surface area contributed by atoms with Crippen LogP contribution in [0, 0.1) is 0 Å². The molecule has 2 aromatic rings. The molecule has 0 saturated carbocycles. The summed E-state index contributed by atoms with van der Waals surface area (Å²) in [5, 5.41) is 2.91. The summed E-state index contributed by atoms with van der Waals surface area (Å²) in [5.41, 5.74) is 9.49. The molecule has 0 spiro atoms. The second kappa shape index (κ2) is 6.62. The fourth-order valence-corrected chi connectivity index (χ4v) is 2.86. The highest BCUT2D eigenvalue weighted by molar-refractivity contribution is 5.68. The number of carbonyl (C=O) groups is 1. The fourth-order valence-electron chi connectivity index (χ4n) is 2.86. The van der Waals surface area contributed by atoms with Gasteiger partial charge < -0.3 is 15.8 Å². The van der Waals surface area contributed by atoms with E-state index in [-0.39, 0.29) is 18.7 Å². The second-order valence-electron chi connectivity index (χ2n) is 5.59. The molecular weight excluding hydrogens is 276 g/mol. The molecule has 0 aromatic heterocycles. The average Bonchev–Trinajstić information content (AvgIpc) is 2.56. The van der Waals surface area contributed by atoms with E-state index in [2.05, 4.69) is 11.4 Å². The molecule has 3 rings (SSSR count). The molecule has 0 fully saturated rings. The van der Waals surface area contributed by atoms with Crippen molar-refractivity contribution in [1.82, 2.24) is 5.32 Å². The molecule has 4 heteroatoms. The molecule has 114 valence electrons. The Hall–Kier alpha value is -2.33. The Morgan fingerprint density at radius 3 is 2.68 bits per heavy atom. The number of carbonyl (C=O) groups excluding carboxylic acids is 1. The number of nitrogens with one attached hydrogen (secondary N) is 1. The fraction of sp³-hybridized carbons (Fsp3) is 0.278. The van der Waals surface area contributed by atoms with Crippen LogP contribution in [-0.2, 0) is 17.8 Å². The summed E-state index contributed by atoms with van der Waals surface area (Å²) in [5.74, 6) is 0. The first-order valence-electron chi connectivity index (χ1n) is 7.54. The third kappa shape index (κ3) is 3.28. The number of rotatable bonds is 3. The molecule has 2 atom stereocenters. The number of benzene rings is 2. The lowest BCUT2D eigenvalue weighted by atomic mass is 9.84. The van der Waals surface area contributed by atoms with Gasteiger partial charge in [0.25, 0.3) is 0 Å². The highest BCUT2D eigenvalue weighted by Gasteiger charge is 2.28. The van der Waals surface area contributed by atoms with Crippen LogP contribution in [0.2, 0.25) is 0 Å². The summed E-state index contributed by atoms with van der Waals surface area (Å²) < 4.78 is 5.29. The normalized spacial score (nSPS) is 20.0. The molecule has 4 nitrogen and oxygen atoms in total. The Kier molecular flexibility index (Phi) is 4.39. The second-order valence-corrected chi connectivity index (χ2v) is 5.59. The molecule has 0 radical (unpaired) electrons. The van der Waals surface area contributed by atoms with E-state index in [0.29, 0.717) is 0 Å². The van der Waals surface area contributed by atoms with Gasteiger partial charge in [-0.25, -0.2) is 4.79 Å². The zero-order valence-corrected chi connectivity index (χ0v) is 12.4. The van der Waals surface area contributed by atoms with Crippen LogP contribution in [0.4, 0.5) is 4.79 Å². The van der Waals surface area contributed by atoms with Gasteiger partial charge in [-0.1, -0.05) is 54.6 Å². The van der Waals surface area contributed by atoms with Crippen LogP contribution in [0.15, 0.2) is 54.6 Å². The number of amides is 1. The minimum atomic E-state index is -0.430. The van der Waals surface area contributed by atoms with Crippen molar-refractivity contribution in [2.24, 2.45) is 5.73 Å². The smallest absolute Gasteiger partial charge is 0.408 e. The Bertz CT molecular complexity index is 643. The van der Waals surface area contributed by atoms with Gasteiger partial charge in [0.2, 0.25) is 0 Å². The summed E-state index contributed by atoms with van der Waals surface area (Å²) in [6, 6.07) is 17.5. The molecule has 0 unspecified atom stereocenters. The van der Waals surface area contributed by atoms with Crippen LogP contribution in [-0.4, -0.2) is 12.1 Å². The summed E-state index contributed by atoms with van der Waals surface area (Å²) in [6.45, 7) is 0.260. The van der Waals surface area contributed by atoms with Crippen LogP contribution >= 0.6 is 0 Å². The zero-order valence-electron chi connectivity index (χ0n) is 12.4. The molecule has 3 N–H and O–H groups in total. The van der Waals surface area contributed by atoms with E-state index < -0.39 is 6.09 Å². The Labute approximate surface area is 130 Å². The van der Waals surface area contributed by atoms with E-state index >= 15 is 0 Å². The maximum atomic E-state index is 12.1. The number of hydrogen-bond acceptors (Lipinski definition) is 3. The van der Waals surface area contributed by atoms with E-state index in [1.54, 1.807) is 0 Å². The lowest BCUT2D eigenvalue weighted by molar-refractivity contribution is 0.133. The van der Waals surface area contributed by atoms with Crippen LogP contribution in [0.3, 0.4) is 0 Å². The van der Waals surface area contributed by atoms with Crippen molar-refractivity contribution in [2.75, 3.05) is 0 Å². The first-order valence-corrected chi connectivity index (χ1v) is 7.54. The highest BCUT2D eigenvalue weighted by atomic mass is 16.5. The van der Waals surface area contributed by atoms with Gasteiger partial charge in [0.05, 0.1) is 6.04 Å². The van der Waals surface area contributed by atoms with Crippen molar-refractivity contribution >= 4 is 6.09 Å². The van der Waals surface area contributed by atoms with Crippen LogP contribution < -0.4 is 11.1 Å². The number of fused-ring (bicyclic) bond motifs is 1. The van der Waals surface area contributed by atoms with E-state index in [0.717, 1.165) is 24.0 Å². The van der Waals surface area contributed by atoms with Crippen molar-refractivity contribution in [3.8, 4) is 0 Å².